The number of piperidine rings is 1. The van der Waals surface area contributed by atoms with Crippen LogP contribution in [0.15, 0.2) is 30.3 Å². The van der Waals surface area contributed by atoms with Crippen molar-refractivity contribution >= 4 is 5.69 Å². The van der Waals surface area contributed by atoms with E-state index < -0.39 is 0 Å². The van der Waals surface area contributed by atoms with Gasteiger partial charge in [-0.05, 0) is 31.9 Å². The number of hydrogen-bond donors (Lipinski definition) is 2. The average Bonchev–Trinajstić information content (AvgIpc) is 2.23. The molecule has 14 heavy (non-hydrogen) atoms. The lowest BCUT2D eigenvalue weighted by Gasteiger charge is -2.29. The maximum absolute atomic E-state index is 3.54. The van der Waals surface area contributed by atoms with E-state index in [0.717, 1.165) is 6.54 Å². The molecule has 0 radical (unpaired) electrons. The molecule has 1 aromatic rings. The fourth-order valence-corrected chi connectivity index (χ4v) is 1.89. The van der Waals surface area contributed by atoms with Crippen molar-refractivity contribution in [2.45, 2.75) is 31.8 Å². The Morgan fingerprint density at radius 3 is 2.64 bits per heavy atom. The van der Waals surface area contributed by atoms with Crippen molar-refractivity contribution in [1.29, 1.82) is 0 Å². The number of hydrogen-bond acceptors (Lipinski definition) is 2. The molecule has 76 valence electrons. The van der Waals surface area contributed by atoms with E-state index in [1.807, 2.05) is 6.07 Å². The first-order valence-corrected chi connectivity index (χ1v) is 5.39. The molecule has 0 aromatic heterocycles. The average molecular weight is 190 g/mol. The summed E-state index contributed by atoms with van der Waals surface area (Å²) in [5, 5.41) is 7.03. The molecular formula is C12H18N2. The summed E-state index contributed by atoms with van der Waals surface area (Å²) in [7, 11) is 0. The van der Waals surface area contributed by atoms with Gasteiger partial charge in [0.05, 0.1) is 0 Å². The van der Waals surface area contributed by atoms with Crippen molar-refractivity contribution in [3.63, 3.8) is 0 Å². The normalized spacial score (nSPS) is 27.2. The molecule has 2 unspecified atom stereocenters. The van der Waals surface area contributed by atoms with Crippen molar-refractivity contribution in [2.24, 2.45) is 0 Å². The summed E-state index contributed by atoms with van der Waals surface area (Å²) in [5.41, 5.74) is 1.23. The van der Waals surface area contributed by atoms with Crippen molar-refractivity contribution in [3.8, 4) is 0 Å². The minimum absolute atomic E-state index is 0.591. The zero-order valence-corrected chi connectivity index (χ0v) is 8.66. The Kier molecular flexibility index (Phi) is 3.04. The van der Waals surface area contributed by atoms with E-state index >= 15 is 0 Å². The van der Waals surface area contributed by atoms with Crippen molar-refractivity contribution < 1.29 is 0 Å². The van der Waals surface area contributed by atoms with Crippen LogP contribution in [0.3, 0.4) is 0 Å². The van der Waals surface area contributed by atoms with E-state index in [2.05, 4.69) is 41.8 Å². The lowest BCUT2D eigenvalue weighted by Crippen LogP contribution is -2.43. The van der Waals surface area contributed by atoms with Gasteiger partial charge in [-0.25, -0.2) is 0 Å². The minimum atomic E-state index is 0.591. The van der Waals surface area contributed by atoms with Crippen LogP contribution in [-0.4, -0.2) is 18.6 Å². The maximum atomic E-state index is 3.54. The van der Waals surface area contributed by atoms with E-state index in [9.17, 15) is 0 Å². The second-order valence-electron chi connectivity index (χ2n) is 4.09. The van der Waals surface area contributed by atoms with Crippen molar-refractivity contribution in [3.05, 3.63) is 30.3 Å². The summed E-state index contributed by atoms with van der Waals surface area (Å²) >= 11 is 0. The third-order valence-corrected chi connectivity index (χ3v) is 2.81. The molecule has 1 saturated heterocycles. The molecule has 0 bridgehead atoms. The third-order valence-electron chi connectivity index (χ3n) is 2.81. The molecule has 1 aromatic carbocycles. The van der Waals surface area contributed by atoms with E-state index in [0.29, 0.717) is 12.1 Å². The molecule has 1 heterocycles. The number of nitrogens with one attached hydrogen (secondary N) is 2. The Morgan fingerprint density at radius 2 is 2.00 bits per heavy atom. The SMILES string of the molecule is CC1CCC(Nc2ccccc2)CN1. The van der Waals surface area contributed by atoms with Crippen LogP contribution >= 0.6 is 0 Å². The summed E-state index contributed by atoms with van der Waals surface area (Å²) in [5.74, 6) is 0. The van der Waals surface area contributed by atoms with Crippen LogP contribution in [0.25, 0.3) is 0 Å². The largest absolute Gasteiger partial charge is 0.381 e. The van der Waals surface area contributed by atoms with E-state index in [-0.39, 0.29) is 0 Å². The quantitative estimate of drug-likeness (QED) is 0.747. The summed E-state index contributed by atoms with van der Waals surface area (Å²) < 4.78 is 0. The van der Waals surface area contributed by atoms with Crippen LogP contribution < -0.4 is 10.6 Å². The monoisotopic (exact) mass is 190 g/mol. The molecule has 1 fully saturated rings. The first kappa shape index (κ1) is 9.53. The molecule has 0 aliphatic carbocycles. The first-order chi connectivity index (χ1) is 6.84. The standard InChI is InChI=1S/C12H18N2/c1-10-7-8-12(9-13-10)14-11-5-3-2-4-6-11/h2-6,10,12-14H,7-9H2,1H3. The van der Waals surface area contributed by atoms with Crippen LogP contribution in [0.2, 0.25) is 0 Å². The predicted octanol–water partition coefficient (Wildman–Crippen LogP) is 2.24. The zero-order valence-electron chi connectivity index (χ0n) is 8.66. The van der Waals surface area contributed by atoms with Gasteiger partial charge in [0, 0.05) is 24.3 Å². The van der Waals surface area contributed by atoms with E-state index in [1.54, 1.807) is 0 Å². The van der Waals surface area contributed by atoms with Gasteiger partial charge in [0.15, 0.2) is 0 Å². The van der Waals surface area contributed by atoms with Gasteiger partial charge in [-0.15, -0.1) is 0 Å². The summed E-state index contributed by atoms with van der Waals surface area (Å²) in [6.45, 7) is 3.33. The van der Waals surface area contributed by atoms with Gasteiger partial charge in [0.25, 0.3) is 0 Å². The fourth-order valence-electron chi connectivity index (χ4n) is 1.89. The second kappa shape index (κ2) is 4.47. The van der Waals surface area contributed by atoms with Gasteiger partial charge in [0.1, 0.15) is 0 Å². The summed E-state index contributed by atoms with van der Waals surface area (Å²) in [4.78, 5) is 0. The molecule has 2 N–H and O–H groups in total. The van der Waals surface area contributed by atoms with Crippen LogP contribution in [0, 0.1) is 0 Å². The molecule has 2 heteroatoms. The van der Waals surface area contributed by atoms with Crippen molar-refractivity contribution in [1.82, 2.24) is 5.32 Å². The summed E-state index contributed by atoms with van der Waals surface area (Å²) in [6.07, 6.45) is 2.54. The van der Waals surface area contributed by atoms with Gasteiger partial charge < -0.3 is 10.6 Å². The van der Waals surface area contributed by atoms with E-state index in [4.69, 9.17) is 0 Å². The Labute approximate surface area is 85.7 Å². The Morgan fingerprint density at radius 1 is 1.21 bits per heavy atom. The molecule has 0 spiro atoms. The number of anilines is 1. The predicted molar refractivity (Wildman–Crippen MR) is 60.6 cm³/mol. The van der Waals surface area contributed by atoms with Crippen molar-refractivity contribution in [2.75, 3.05) is 11.9 Å². The highest BCUT2D eigenvalue weighted by Gasteiger charge is 2.16. The van der Waals surface area contributed by atoms with Gasteiger partial charge in [-0.1, -0.05) is 18.2 Å². The number of rotatable bonds is 2. The summed E-state index contributed by atoms with van der Waals surface area (Å²) in [6, 6.07) is 11.7. The Bertz CT molecular complexity index is 263. The van der Waals surface area contributed by atoms with Gasteiger partial charge in [-0.3, -0.25) is 0 Å². The Hall–Kier alpha value is -1.02. The van der Waals surface area contributed by atoms with Gasteiger partial charge >= 0.3 is 0 Å². The molecular weight excluding hydrogens is 172 g/mol. The second-order valence-corrected chi connectivity index (χ2v) is 4.09. The van der Waals surface area contributed by atoms with Crippen LogP contribution in [0.5, 0.6) is 0 Å². The highest BCUT2D eigenvalue weighted by Crippen LogP contribution is 2.13. The molecule has 1 aliphatic rings. The highest BCUT2D eigenvalue weighted by molar-refractivity contribution is 5.43. The van der Waals surface area contributed by atoms with Gasteiger partial charge in [-0.2, -0.15) is 0 Å². The highest BCUT2D eigenvalue weighted by atomic mass is 15.0. The molecule has 0 amide bonds. The smallest absolute Gasteiger partial charge is 0.0386 e. The first-order valence-electron chi connectivity index (χ1n) is 5.39. The van der Waals surface area contributed by atoms with E-state index in [1.165, 1.54) is 18.5 Å². The number of para-hydroxylation sites is 1. The van der Waals surface area contributed by atoms with Crippen LogP contribution in [0.1, 0.15) is 19.8 Å². The molecule has 2 nitrogen and oxygen atoms in total. The zero-order chi connectivity index (χ0) is 9.80. The maximum Gasteiger partial charge on any atom is 0.0386 e. The lowest BCUT2D eigenvalue weighted by atomic mass is 10.0. The van der Waals surface area contributed by atoms with Crippen LogP contribution in [0.4, 0.5) is 5.69 Å². The third kappa shape index (κ3) is 2.48. The number of benzene rings is 1. The van der Waals surface area contributed by atoms with Gasteiger partial charge in [0.2, 0.25) is 0 Å². The minimum Gasteiger partial charge on any atom is -0.381 e. The lowest BCUT2D eigenvalue weighted by molar-refractivity contribution is 0.399. The topological polar surface area (TPSA) is 24.1 Å². The molecule has 2 atom stereocenters. The molecule has 1 aliphatic heterocycles. The fraction of sp³-hybridized carbons (Fsp3) is 0.500. The molecule has 2 rings (SSSR count). The Balaban J connectivity index is 1.87. The molecule has 0 saturated carbocycles. The van der Waals surface area contributed by atoms with Crippen LogP contribution in [-0.2, 0) is 0 Å².